The predicted molar refractivity (Wildman–Crippen MR) is 130 cm³/mol. The van der Waals surface area contributed by atoms with Crippen LogP contribution in [0.1, 0.15) is 41.2 Å². The number of amides is 1. The number of benzene rings is 2. The zero-order valence-corrected chi connectivity index (χ0v) is 20.0. The molecule has 2 heterocycles. The molecular weight excluding hydrogens is 434 g/mol. The van der Waals surface area contributed by atoms with Crippen molar-refractivity contribution in [3.05, 3.63) is 83.0 Å². The predicted octanol–water partition coefficient (Wildman–Crippen LogP) is 5.26. The van der Waals surface area contributed by atoms with Gasteiger partial charge in [-0.05, 0) is 44.4 Å². The van der Waals surface area contributed by atoms with Crippen LogP contribution in [0.15, 0.2) is 64.2 Å². The Kier molecular flexibility index (Phi) is 6.93. The SMILES string of the molecule is Cc1ccc(-n2nc(C)c(NC(=O)CSc3nnc(CC(C)c4ccccc4)o3)c2C)cc1. The number of rotatable bonds is 8. The number of aromatic nitrogens is 4. The van der Waals surface area contributed by atoms with E-state index in [1.807, 2.05) is 67.9 Å². The van der Waals surface area contributed by atoms with Crippen molar-refractivity contribution in [2.75, 3.05) is 11.1 Å². The van der Waals surface area contributed by atoms with E-state index in [9.17, 15) is 4.79 Å². The Labute approximate surface area is 197 Å². The van der Waals surface area contributed by atoms with Crippen LogP contribution in [0, 0.1) is 20.8 Å². The normalized spacial score (nSPS) is 12.0. The lowest BCUT2D eigenvalue weighted by molar-refractivity contribution is -0.113. The number of nitrogens with zero attached hydrogens (tertiary/aromatic N) is 4. The van der Waals surface area contributed by atoms with Gasteiger partial charge >= 0.3 is 0 Å². The molecule has 1 atom stereocenters. The fraction of sp³-hybridized carbons (Fsp3) is 0.280. The van der Waals surface area contributed by atoms with Crippen LogP contribution in [-0.2, 0) is 11.2 Å². The summed E-state index contributed by atoms with van der Waals surface area (Å²) in [5.74, 6) is 0.862. The second-order valence-corrected chi connectivity index (χ2v) is 9.03. The Morgan fingerprint density at radius 2 is 1.79 bits per heavy atom. The van der Waals surface area contributed by atoms with E-state index >= 15 is 0 Å². The molecule has 1 amide bonds. The summed E-state index contributed by atoms with van der Waals surface area (Å²) in [6.07, 6.45) is 0.653. The molecule has 0 aliphatic rings. The van der Waals surface area contributed by atoms with Gasteiger partial charge in [-0.25, -0.2) is 4.68 Å². The van der Waals surface area contributed by atoms with Crippen molar-refractivity contribution in [3.63, 3.8) is 0 Å². The molecule has 4 aromatic rings. The number of hydrogen-bond acceptors (Lipinski definition) is 6. The van der Waals surface area contributed by atoms with Crippen LogP contribution in [0.5, 0.6) is 0 Å². The topological polar surface area (TPSA) is 85.8 Å². The van der Waals surface area contributed by atoms with Gasteiger partial charge in [-0.3, -0.25) is 4.79 Å². The smallest absolute Gasteiger partial charge is 0.277 e. The Hall–Kier alpha value is -3.39. The van der Waals surface area contributed by atoms with Crippen LogP contribution in [0.25, 0.3) is 5.69 Å². The highest BCUT2D eigenvalue weighted by Crippen LogP contribution is 2.25. The van der Waals surface area contributed by atoms with Gasteiger partial charge in [-0.1, -0.05) is 66.7 Å². The van der Waals surface area contributed by atoms with Gasteiger partial charge in [0.2, 0.25) is 11.8 Å². The van der Waals surface area contributed by atoms with Gasteiger partial charge in [0, 0.05) is 6.42 Å². The molecule has 2 aromatic heterocycles. The van der Waals surface area contributed by atoms with Crippen molar-refractivity contribution in [1.29, 1.82) is 0 Å². The van der Waals surface area contributed by atoms with Crippen LogP contribution in [0.4, 0.5) is 5.69 Å². The molecule has 0 fully saturated rings. The summed E-state index contributed by atoms with van der Waals surface area (Å²) in [5.41, 5.74) is 5.74. The highest BCUT2D eigenvalue weighted by molar-refractivity contribution is 7.99. The quantitative estimate of drug-likeness (QED) is 0.360. The summed E-state index contributed by atoms with van der Waals surface area (Å²) in [6.45, 7) is 8.01. The zero-order chi connectivity index (χ0) is 23.4. The van der Waals surface area contributed by atoms with Gasteiger partial charge in [-0.15, -0.1) is 10.2 Å². The maximum absolute atomic E-state index is 12.6. The third kappa shape index (κ3) is 5.51. The van der Waals surface area contributed by atoms with Gasteiger partial charge in [0.05, 0.1) is 28.5 Å². The summed E-state index contributed by atoms with van der Waals surface area (Å²) in [6, 6.07) is 18.3. The molecule has 8 heteroatoms. The third-order valence-corrected chi connectivity index (χ3v) is 6.28. The molecule has 1 unspecified atom stereocenters. The zero-order valence-electron chi connectivity index (χ0n) is 19.2. The summed E-state index contributed by atoms with van der Waals surface area (Å²) < 4.78 is 7.58. The summed E-state index contributed by atoms with van der Waals surface area (Å²) in [7, 11) is 0. The number of anilines is 1. The average Bonchev–Trinajstić information content (AvgIpc) is 3.38. The van der Waals surface area contributed by atoms with E-state index in [-0.39, 0.29) is 17.6 Å². The monoisotopic (exact) mass is 461 g/mol. The first-order valence-electron chi connectivity index (χ1n) is 10.8. The fourth-order valence-corrected chi connectivity index (χ4v) is 4.18. The van der Waals surface area contributed by atoms with Crippen LogP contribution >= 0.6 is 11.8 Å². The van der Waals surface area contributed by atoms with Crippen LogP contribution in [-0.4, -0.2) is 31.6 Å². The van der Waals surface area contributed by atoms with Crippen molar-refractivity contribution >= 4 is 23.4 Å². The van der Waals surface area contributed by atoms with E-state index in [2.05, 4.69) is 39.7 Å². The number of thioether (sulfide) groups is 1. The Morgan fingerprint density at radius 1 is 1.06 bits per heavy atom. The molecule has 0 saturated carbocycles. The number of carbonyl (C=O) groups excluding carboxylic acids is 1. The molecule has 0 saturated heterocycles. The second-order valence-electron chi connectivity index (χ2n) is 8.11. The first-order valence-corrected chi connectivity index (χ1v) is 11.8. The van der Waals surface area contributed by atoms with Gasteiger partial charge in [0.15, 0.2) is 0 Å². The fourth-order valence-electron chi connectivity index (χ4n) is 3.60. The summed E-state index contributed by atoms with van der Waals surface area (Å²) in [5, 5.41) is 16.2. The van der Waals surface area contributed by atoms with Crippen LogP contribution < -0.4 is 5.32 Å². The number of nitrogens with one attached hydrogen (secondary N) is 1. The molecule has 0 bridgehead atoms. The van der Waals surface area contributed by atoms with Crippen LogP contribution in [0.3, 0.4) is 0 Å². The van der Waals surface area contributed by atoms with Gasteiger partial charge < -0.3 is 9.73 Å². The Morgan fingerprint density at radius 3 is 2.52 bits per heavy atom. The van der Waals surface area contributed by atoms with Crippen molar-refractivity contribution in [3.8, 4) is 5.69 Å². The first kappa shape index (κ1) is 22.8. The lowest BCUT2D eigenvalue weighted by Crippen LogP contribution is -2.15. The molecule has 0 spiro atoms. The number of carbonyl (C=O) groups is 1. The molecule has 2 aromatic carbocycles. The third-order valence-electron chi connectivity index (χ3n) is 5.46. The van der Waals surface area contributed by atoms with Crippen LogP contribution in [0.2, 0.25) is 0 Å². The maximum atomic E-state index is 12.6. The van der Waals surface area contributed by atoms with Crippen molar-refractivity contribution < 1.29 is 9.21 Å². The molecule has 0 radical (unpaired) electrons. The van der Waals surface area contributed by atoms with Crippen molar-refractivity contribution in [2.45, 2.75) is 45.3 Å². The molecule has 4 rings (SSSR count). The van der Waals surface area contributed by atoms with E-state index in [0.717, 1.165) is 22.8 Å². The number of hydrogen-bond donors (Lipinski definition) is 1. The largest absolute Gasteiger partial charge is 0.416 e. The van der Waals surface area contributed by atoms with Crippen molar-refractivity contribution in [1.82, 2.24) is 20.0 Å². The lowest BCUT2D eigenvalue weighted by Gasteiger charge is -2.08. The van der Waals surface area contributed by atoms with Crippen molar-refractivity contribution in [2.24, 2.45) is 0 Å². The van der Waals surface area contributed by atoms with E-state index in [4.69, 9.17) is 4.42 Å². The van der Waals surface area contributed by atoms with E-state index in [1.54, 1.807) is 0 Å². The highest BCUT2D eigenvalue weighted by Gasteiger charge is 2.17. The van der Waals surface area contributed by atoms with E-state index < -0.39 is 0 Å². The first-order chi connectivity index (χ1) is 15.9. The minimum absolute atomic E-state index is 0.146. The molecule has 170 valence electrons. The summed E-state index contributed by atoms with van der Waals surface area (Å²) >= 11 is 1.23. The highest BCUT2D eigenvalue weighted by atomic mass is 32.2. The number of aryl methyl sites for hydroxylation is 2. The summed E-state index contributed by atoms with van der Waals surface area (Å²) in [4.78, 5) is 12.6. The van der Waals surface area contributed by atoms with Gasteiger partial charge in [-0.2, -0.15) is 5.10 Å². The standard InChI is InChI=1S/C25H27N5O2S/c1-16-10-12-21(13-11-16)30-19(4)24(18(3)29-30)26-22(31)15-33-25-28-27-23(32-25)14-17(2)20-8-6-5-7-9-20/h5-13,17H,14-15H2,1-4H3,(H,26,31). The van der Waals surface area contributed by atoms with E-state index in [0.29, 0.717) is 17.5 Å². The molecule has 7 nitrogen and oxygen atoms in total. The average molecular weight is 462 g/mol. The lowest BCUT2D eigenvalue weighted by atomic mass is 9.98. The molecule has 0 aliphatic carbocycles. The van der Waals surface area contributed by atoms with Gasteiger partial charge in [0.1, 0.15) is 0 Å². The minimum Gasteiger partial charge on any atom is -0.416 e. The maximum Gasteiger partial charge on any atom is 0.277 e. The minimum atomic E-state index is -0.146. The molecular formula is C25H27N5O2S. The Balaban J connectivity index is 1.34. The second kappa shape index (κ2) is 10.0. The Bertz CT molecular complexity index is 1230. The van der Waals surface area contributed by atoms with Gasteiger partial charge in [0.25, 0.3) is 5.22 Å². The molecule has 1 N–H and O–H groups in total. The van der Waals surface area contributed by atoms with E-state index in [1.165, 1.54) is 22.9 Å². The molecule has 0 aliphatic heterocycles. The molecule has 33 heavy (non-hydrogen) atoms.